The van der Waals surface area contributed by atoms with Gasteiger partial charge in [-0.2, -0.15) is 0 Å². The van der Waals surface area contributed by atoms with Crippen molar-refractivity contribution in [1.29, 1.82) is 0 Å². The fourth-order valence-electron chi connectivity index (χ4n) is 2.27. The number of rotatable bonds is 3. The number of carbonyl (C=O) groups is 2. The number of methoxy groups -OCH3 is 1. The Balaban J connectivity index is 2.34. The van der Waals surface area contributed by atoms with Crippen molar-refractivity contribution in [1.82, 2.24) is 4.90 Å². The molecule has 1 aliphatic heterocycles. The SMILES string of the molecule is COC1CC(C(=O)O)N(C(=O)c2cc(F)c(Cl)cc2Cl)C1. The average molecular weight is 336 g/mol. The second-order valence-electron chi connectivity index (χ2n) is 4.65. The molecule has 21 heavy (non-hydrogen) atoms. The first-order valence-electron chi connectivity index (χ1n) is 6.06. The molecule has 5 nitrogen and oxygen atoms in total. The van der Waals surface area contributed by atoms with Crippen LogP contribution in [-0.2, 0) is 9.53 Å². The normalized spacial score (nSPS) is 21.6. The van der Waals surface area contributed by atoms with Crippen molar-refractivity contribution < 1.29 is 23.8 Å². The summed E-state index contributed by atoms with van der Waals surface area (Å²) in [5.41, 5.74) is -0.124. The molecule has 1 amide bonds. The van der Waals surface area contributed by atoms with E-state index in [1.165, 1.54) is 7.11 Å². The predicted molar refractivity (Wildman–Crippen MR) is 74.3 cm³/mol. The van der Waals surface area contributed by atoms with Crippen LogP contribution in [0.4, 0.5) is 4.39 Å². The molecule has 0 saturated carbocycles. The zero-order valence-electron chi connectivity index (χ0n) is 11.0. The van der Waals surface area contributed by atoms with Gasteiger partial charge in [-0.25, -0.2) is 9.18 Å². The van der Waals surface area contributed by atoms with Crippen molar-refractivity contribution in [2.45, 2.75) is 18.6 Å². The number of carbonyl (C=O) groups excluding carboxylic acids is 1. The Bertz CT molecular complexity index is 596. The summed E-state index contributed by atoms with van der Waals surface area (Å²) in [5, 5.41) is 8.95. The van der Waals surface area contributed by atoms with Gasteiger partial charge in [-0.3, -0.25) is 4.79 Å². The van der Waals surface area contributed by atoms with Crippen LogP contribution in [-0.4, -0.2) is 47.7 Å². The first-order valence-corrected chi connectivity index (χ1v) is 6.81. The number of benzene rings is 1. The van der Waals surface area contributed by atoms with Gasteiger partial charge in [0.2, 0.25) is 0 Å². The molecule has 1 aliphatic rings. The summed E-state index contributed by atoms with van der Waals surface area (Å²) < 4.78 is 18.6. The van der Waals surface area contributed by atoms with Gasteiger partial charge in [-0.15, -0.1) is 0 Å². The van der Waals surface area contributed by atoms with Crippen LogP contribution < -0.4 is 0 Å². The standard InChI is InChI=1S/C13H12Cl2FNO4/c1-21-6-2-11(13(19)20)17(5-6)12(18)7-3-10(16)9(15)4-8(7)14/h3-4,6,11H,2,5H2,1H3,(H,19,20). The van der Waals surface area contributed by atoms with E-state index in [9.17, 15) is 19.1 Å². The van der Waals surface area contributed by atoms with E-state index in [0.29, 0.717) is 0 Å². The molecule has 1 saturated heterocycles. The minimum Gasteiger partial charge on any atom is -0.480 e. The van der Waals surface area contributed by atoms with E-state index in [1.807, 2.05) is 0 Å². The molecule has 1 heterocycles. The van der Waals surface area contributed by atoms with Crippen LogP contribution in [0.2, 0.25) is 10.0 Å². The summed E-state index contributed by atoms with van der Waals surface area (Å²) in [4.78, 5) is 24.8. The van der Waals surface area contributed by atoms with Gasteiger partial charge < -0.3 is 14.7 Å². The Morgan fingerprint density at radius 2 is 2.05 bits per heavy atom. The number of carboxylic acid groups (broad SMARTS) is 1. The number of hydrogen-bond donors (Lipinski definition) is 1. The van der Waals surface area contributed by atoms with Crippen LogP contribution in [0.1, 0.15) is 16.8 Å². The van der Waals surface area contributed by atoms with Crippen LogP contribution in [0, 0.1) is 5.82 Å². The molecule has 2 unspecified atom stereocenters. The molecule has 114 valence electrons. The van der Waals surface area contributed by atoms with Crippen molar-refractivity contribution in [3.05, 3.63) is 33.6 Å². The summed E-state index contributed by atoms with van der Waals surface area (Å²) in [6.07, 6.45) is -0.211. The Labute approximate surface area is 130 Å². The molecule has 2 rings (SSSR count). The number of ether oxygens (including phenoxy) is 1. The Kier molecular flexibility index (Phi) is 4.70. The highest BCUT2D eigenvalue weighted by Crippen LogP contribution is 2.28. The summed E-state index contributed by atoms with van der Waals surface area (Å²) in [7, 11) is 1.44. The van der Waals surface area contributed by atoms with Crippen molar-refractivity contribution in [3.63, 3.8) is 0 Å². The lowest BCUT2D eigenvalue weighted by molar-refractivity contribution is -0.141. The molecular formula is C13H12Cl2FNO4. The van der Waals surface area contributed by atoms with Crippen molar-refractivity contribution in [2.24, 2.45) is 0 Å². The summed E-state index contributed by atoms with van der Waals surface area (Å²) >= 11 is 11.5. The number of carboxylic acids is 1. The van der Waals surface area contributed by atoms with Crippen LogP contribution in [0.25, 0.3) is 0 Å². The lowest BCUT2D eigenvalue weighted by Gasteiger charge is -2.21. The van der Waals surface area contributed by atoms with Gasteiger partial charge in [-0.1, -0.05) is 23.2 Å². The van der Waals surface area contributed by atoms with E-state index >= 15 is 0 Å². The highest BCUT2D eigenvalue weighted by Gasteiger charge is 2.40. The maximum atomic E-state index is 13.5. The van der Waals surface area contributed by atoms with Crippen LogP contribution in [0.5, 0.6) is 0 Å². The third-order valence-electron chi connectivity index (χ3n) is 3.38. The highest BCUT2D eigenvalue weighted by atomic mass is 35.5. The van der Waals surface area contributed by atoms with Crippen molar-refractivity contribution >= 4 is 35.1 Å². The maximum absolute atomic E-state index is 13.5. The molecule has 1 aromatic rings. The summed E-state index contributed by atoms with van der Waals surface area (Å²) in [6, 6.07) is 0.995. The number of amides is 1. The lowest BCUT2D eigenvalue weighted by atomic mass is 10.1. The fourth-order valence-corrected chi connectivity index (χ4v) is 2.73. The van der Waals surface area contributed by atoms with Crippen LogP contribution in [0.15, 0.2) is 12.1 Å². The smallest absolute Gasteiger partial charge is 0.326 e. The molecule has 2 atom stereocenters. The van der Waals surface area contributed by atoms with E-state index in [4.69, 9.17) is 27.9 Å². The van der Waals surface area contributed by atoms with Gasteiger partial charge in [-0.05, 0) is 12.1 Å². The molecule has 0 bridgehead atoms. The lowest BCUT2D eigenvalue weighted by Crippen LogP contribution is -2.40. The van der Waals surface area contributed by atoms with E-state index < -0.39 is 23.7 Å². The quantitative estimate of drug-likeness (QED) is 0.861. The monoisotopic (exact) mass is 335 g/mol. The molecule has 8 heteroatoms. The van der Waals surface area contributed by atoms with E-state index in [0.717, 1.165) is 17.0 Å². The molecule has 1 aromatic carbocycles. The van der Waals surface area contributed by atoms with Crippen LogP contribution in [0.3, 0.4) is 0 Å². The molecule has 1 N–H and O–H groups in total. The number of aliphatic carboxylic acids is 1. The van der Waals surface area contributed by atoms with Gasteiger partial charge in [0.05, 0.1) is 21.7 Å². The predicted octanol–water partition coefficient (Wildman–Crippen LogP) is 2.45. The molecule has 0 aromatic heterocycles. The molecule has 0 radical (unpaired) electrons. The number of likely N-dealkylation sites (tertiary alicyclic amines) is 1. The third-order valence-corrected chi connectivity index (χ3v) is 3.98. The second-order valence-corrected chi connectivity index (χ2v) is 5.47. The van der Waals surface area contributed by atoms with Gasteiger partial charge in [0, 0.05) is 20.1 Å². The minimum absolute atomic E-state index is 0.0311. The van der Waals surface area contributed by atoms with Crippen molar-refractivity contribution in [3.8, 4) is 0 Å². The number of nitrogens with zero attached hydrogens (tertiary/aromatic N) is 1. The Hall–Kier alpha value is -1.37. The van der Waals surface area contributed by atoms with E-state index in [1.54, 1.807) is 0 Å². The number of halogens is 3. The van der Waals surface area contributed by atoms with Gasteiger partial charge in [0.15, 0.2) is 0 Å². The average Bonchev–Trinajstić information content (AvgIpc) is 2.86. The fraction of sp³-hybridized carbons (Fsp3) is 0.385. The molecule has 0 aliphatic carbocycles. The topological polar surface area (TPSA) is 66.8 Å². The minimum atomic E-state index is -1.14. The summed E-state index contributed by atoms with van der Waals surface area (Å²) in [5.74, 6) is -2.60. The number of hydrogen-bond acceptors (Lipinski definition) is 3. The summed E-state index contributed by atoms with van der Waals surface area (Å²) in [6.45, 7) is 0.104. The zero-order chi connectivity index (χ0) is 15.7. The van der Waals surface area contributed by atoms with Gasteiger partial charge in [0.1, 0.15) is 11.9 Å². The van der Waals surface area contributed by atoms with E-state index in [-0.39, 0.29) is 34.7 Å². The Morgan fingerprint density at radius 1 is 1.38 bits per heavy atom. The maximum Gasteiger partial charge on any atom is 0.326 e. The Morgan fingerprint density at radius 3 is 2.62 bits per heavy atom. The van der Waals surface area contributed by atoms with Crippen LogP contribution >= 0.6 is 23.2 Å². The first kappa shape index (κ1) is 16.0. The third kappa shape index (κ3) is 3.12. The molecule has 1 fully saturated rings. The molecule has 0 spiro atoms. The van der Waals surface area contributed by atoms with Gasteiger partial charge >= 0.3 is 5.97 Å². The van der Waals surface area contributed by atoms with Crippen molar-refractivity contribution in [2.75, 3.05) is 13.7 Å². The first-order chi connectivity index (χ1) is 9.85. The largest absolute Gasteiger partial charge is 0.480 e. The second kappa shape index (κ2) is 6.17. The molecular weight excluding hydrogens is 324 g/mol. The van der Waals surface area contributed by atoms with Gasteiger partial charge in [0.25, 0.3) is 5.91 Å². The van der Waals surface area contributed by atoms with E-state index in [2.05, 4.69) is 0 Å². The highest BCUT2D eigenvalue weighted by molar-refractivity contribution is 6.36. The zero-order valence-corrected chi connectivity index (χ0v) is 12.5.